The molecule has 10 nitrogen and oxygen atoms in total. The van der Waals surface area contributed by atoms with E-state index in [1.54, 1.807) is 59.8 Å². The number of hydroxylamine groups is 2. The van der Waals surface area contributed by atoms with Gasteiger partial charge in [0.15, 0.2) is 0 Å². The molecule has 212 valence electrons. The number of nitrogens with one attached hydrogen (secondary N) is 2. The summed E-state index contributed by atoms with van der Waals surface area (Å²) in [5.74, 6) is -0.963. The molecule has 2 aromatic heterocycles. The van der Waals surface area contributed by atoms with Crippen molar-refractivity contribution >= 4 is 33.9 Å². The normalized spacial score (nSPS) is 11.8. The minimum Gasteiger partial charge on any atom is -0.288 e. The average Bonchev–Trinajstić information content (AvgIpc) is 3.06. The molecule has 0 radical (unpaired) electrons. The molecule has 2 amide bonds. The molecule has 0 bridgehead atoms. The van der Waals surface area contributed by atoms with E-state index in [1.807, 2.05) is 24.3 Å². The van der Waals surface area contributed by atoms with E-state index >= 15 is 0 Å². The first kappa shape index (κ1) is 27.6. The summed E-state index contributed by atoms with van der Waals surface area (Å²) < 4.78 is 0. The monoisotopic (exact) mass is 570 g/mol. The van der Waals surface area contributed by atoms with Crippen LogP contribution >= 0.6 is 0 Å². The molecule has 4 aromatic carbocycles. The van der Waals surface area contributed by atoms with Gasteiger partial charge in [-0.15, -0.1) is 0 Å². The molecular formula is C33H26N6O4. The predicted octanol–water partition coefficient (Wildman–Crippen LogP) is 5.49. The number of carbonyl (C=O) groups is 2. The summed E-state index contributed by atoms with van der Waals surface area (Å²) in [4.78, 5) is 41.8. The van der Waals surface area contributed by atoms with Crippen LogP contribution in [0.5, 0.6) is 0 Å². The van der Waals surface area contributed by atoms with Crippen molar-refractivity contribution in [2.24, 2.45) is 0 Å². The fourth-order valence-electron chi connectivity index (χ4n) is 5.02. The number of fused-ring (bicyclic) bond motifs is 2. The number of nitrogens with zero attached hydrogens (tertiary/aromatic N) is 4. The van der Waals surface area contributed by atoms with Crippen LogP contribution in [0, 0.1) is 0 Å². The fourth-order valence-corrected chi connectivity index (χ4v) is 5.02. The molecule has 0 saturated heterocycles. The molecule has 0 aliphatic heterocycles. The molecule has 1 atom stereocenters. The smallest absolute Gasteiger partial charge is 0.274 e. The van der Waals surface area contributed by atoms with Gasteiger partial charge in [0, 0.05) is 22.3 Å². The third kappa shape index (κ3) is 5.78. The lowest BCUT2D eigenvalue weighted by atomic mass is 9.92. The van der Waals surface area contributed by atoms with Gasteiger partial charge in [-0.25, -0.2) is 20.9 Å². The van der Waals surface area contributed by atoms with Crippen LogP contribution in [0.3, 0.4) is 0 Å². The molecule has 6 aromatic rings. The molecule has 0 fully saturated rings. The Bertz CT molecular complexity index is 1990. The van der Waals surface area contributed by atoms with Gasteiger partial charge in [-0.1, -0.05) is 49.4 Å². The van der Waals surface area contributed by atoms with E-state index in [9.17, 15) is 9.59 Å². The van der Waals surface area contributed by atoms with E-state index < -0.39 is 11.8 Å². The number of aromatic nitrogens is 4. The zero-order valence-corrected chi connectivity index (χ0v) is 23.0. The van der Waals surface area contributed by atoms with Gasteiger partial charge in [0.2, 0.25) is 0 Å². The second kappa shape index (κ2) is 11.7. The average molecular weight is 571 g/mol. The zero-order chi connectivity index (χ0) is 29.9. The standard InChI is InChI=1S/C33H26N6O4/c1-19(21-5-7-22(8-6-21)30-17-35-28-15-24(32(40)38-42)10-12-27(28)36-30)13-20-3-2-4-23(14-20)31-18-34-26-11-9-25(33(41)39-43)16-29(26)37-31/h2-12,14-19,42-43H,13H2,1H3,(H,38,40)(H,39,41). The molecule has 0 saturated carbocycles. The molecular weight excluding hydrogens is 544 g/mol. The first-order valence-corrected chi connectivity index (χ1v) is 13.5. The summed E-state index contributed by atoms with van der Waals surface area (Å²) in [6.07, 6.45) is 4.20. The summed E-state index contributed by atoms with van der Waals surface area (Å²) >= 11 is 0. The third-order valence-corrected chi connectivity index (χ3v) is 7.35. The highest BCUT2D eigenvalue weighted by Crippen LogP contribution is 2.27. The number of amides is 2. The first-order chi connectivity index (χ1) is 20.9. The van der Waals surface area contributed by atoms with Crippen molar-refractivity contribution in [2.45, 2.75) is 19.3 Å². The van der Waals surface area contributed by atoms with E-state index in [1.165, 1.54) is 5.56 Å². The second-order valence-electron chi connectivity index (χ2n) is 10.2. The van der Waals surface area contributed by atoms with Gasteiger partial charge in [0.1, 0.15) is 0 Å². The lowest BCUT2D eigenvalue weighted by molar-refractivity contribution is 0.0702. The van der Waals surface area contributed by atoms with Crippen molar-refractivity contribution in [3.05, 3.63) is 120 Å². The predicted molar refractivity (Wildman–Crippen MR) is 161 cm³/mol. The highest BCUT2D eigenvalue weighted by Gasteiger charge is 2.12. The van der Waals surface area contributed by atoms with Crippen molar-refractivity contribution < 1.29 is 20.0 Å². The lowest BCUT2D eigenvalue weighted by Crippen LogP contribution is -2.18. The van der Waals surface area contributed by atoms with Gasteiger partial charge < -0.3 is 0 Å². The Labute approximate surface area is 246 Å². The number of carbonyl (C=O) groups excluding carboxylic acids is 2. The summed E-state index contributed by atoms with van der Waals surface area (Å²) in [5.41, 5.74) is 11.9. The largest absolute Gasteiger partial charge is 0.288 e. The van der Waals surface area contributed by atoms with Crippen LogP contribution in [-0.2, 0) is 6.42 Å². The van der Waals surface area contributed by atoms with Crippen LogP contribution in [0.1, 0.15) is 44.7 Å². The van der Waals surface area contributed by atoms with Crippen LogP contribution < -0.4 is 11.0 Å². The molecule has 0 aliphatic carbocycles. The summed E-state index contributed by atoms with van der Waals surface area (Å²) in [5, 5.41) is 17.8. The molecule has 6 rings (SSSR count). The van der Waals surface area contributed by atoms with Gasteiger partial charge >= 0.3 is 0 Å². The molecule has 0 aliphatic rings. The number of hydrogen-bond acceptors (Lipinski definition) is 8. The lowest BCUT2D eigenvalue weighted by Gasteiger charge is -2.14. The van der Waals surface area contributed by atoms with E-state index in [0.29, 0.717) is 38.9 Å². The van der Waals surface area contributed by atoms with Crippen LogP contribution in [0.4, 0.5) is 0 Å². The second-order valence-corrected chi connectivity index (χ2v) is 10.2. The van der Waals surface area contributed by atoms with E-state index in [4.69, 9.17) is 20.4 Å². The topological polar surface area (TPSA) is 150 Å². The maximum atomic E-state index is 11.8. The number of rotatable bonds is 7. The highest BCUT2D eigenvalue weighted by atomic mass is 16.5. The van der Waals surface area contributed by atoms with Crippen molar-refractivity contribution in [2.75, 3.05) is 0 Å². The summed E-state index contributed by atoms with van der Waals surface area (Å²) in [7, 11) is 0. The quantitative estimate of drug-likeness (QED) is 0.145. The Hall–Kier alpha value is -5.58. The minimum absolute atomic E-state index is 0.241. The van der Waals surface area contributed by atoms with Gasteiger partial charge in [-0.05, 0) is 65.9 Å². The SMILES string of the molecule is CC(Cc1cccc(-c2cnc3ccc(C(=O)NO)cc3n2)c1)c1ccc(-c2cnc3cc(C(=O)NO)ccc3n2)cc1. The van der Waals surface area contributed by atoms with Crippen LogP contribution in [-0.4, -0.2) is 42.2 Å². The van der Waals surface area contributed by atoms with Crippen molar-refractivity contribution in [3.8, 4) is 22.5 Å². The molecule has 0 spiro atoms. The maximum absolute atomic E-state index is 11.8. The van der Waals surface area contributed by atoms with E-state index in [2.05, 4.69) is 41.2 Å². The number of hydrogen-bond donors (Lipinski definition) is 4. The van der Waals surface area contributed by atoms with Gasteiger partial charge in [-0.2, -0.15) is 0 Å². The van der Waals surface area contributed by atoms with Crippen LogP contribution in [0.25, 0.3) is 44.6 Å². The first-order valence-electron chi connectivity index (χ1n) is 13.5. The van der Waals surface area contributed by atoms with Crippen molar-refractivity contribution in [1.29, 1.82) is 0 Å². The maximum Gasteiger partial charge on any atom is 0.274 e. The van der Waals surface area contributed by atoms with Crippen molar-refractivity contribution in [1.82, 2.24) is 30.9 Å². The summed E-state index contributed by atoms with van der Waals surface area (Å²) in [6, 6.07) is 26.2. The summed E-state index contributed by atoms with van der Waals surface area (Å²) in [6.45, 7) is 2.18. The number of benzene rings is 4. The zero-order valence-electron chi connectivity index (χ0n) is 23.0. The molecule has 1 unspecified atom stereocenters. The van der Waals surface area contributed by atoms with Crippen LogP contribution in [0.15, 0.2) is 97.3 Å². The Kier molecular flexibility index (Phi) is 7.52. The van der Waals surface area contributed by atoms with E-state index in [-0.39, 0.29) is 5.92 Å². The minimum atomic E-state index is -0.603. The molecule has 43 heavy (non-hydrogen) atoms. The van der Waals surface area contributed by atoms with Gasteiger partial charge in [-0.3, -0.25) is 30.0 Å². The van der Waals surface area contributed by atoms with Gasteiger partial charge in [0.05, 0.1) is 45.8 Å². The van der Waals surface area contributed by atoms with Gasteiger partial charge in [0.25, 0.3) is 11.8 Å². The highest BCUT2D eigenvalue weighted by molar-refractivity contribution is 5.97. The Morgan fingerprint density at radius 1 is 0.674 bits per heavy atom. The fraction of sp³-hybridized carbons (Fsp3) is 0.0909. The molecule has 10 heteroatoms. The Morgan fingerprint density at radius 2 is 1.28 bits per heavy atom. The molecule has 2 heterocycles. The van der Waals surface area contributed by atoms with Crippen molar-refractivity contribution in [3.63, 3.8) is 0 Å². The third-order valence-electron chi connectivity index (χ3n) is 7.35. The Balaban J connectivity index is 1.18. The van der Waals surface area contributed by atoms with Crippen LogP contribution in [0.2, 0.25) is 0 Å². The van der Waals surface area contributed by atoms with E-state index in [0.717, 1.165) is 28.8 Å². The molecule has 4 N–H and O–H groups in total. The Morgan fingerprint density at radius 3 is 1.98 bits per heavy atom.